The van der Waals surface area contributed by atoms with Crippen molar-refractivity contribution in [1.29, 1.82) is 0 Å². The van der Waals surface area contributed by atoms with Crippen molar-refractivity contribution in [2.24, 2.45) is 0 Å². The fraction of sp³-hybridized carbons (Fsp3) is 1.00. The molecule has 2 saturated carbocycles. The van der Waals surface area contributed by atoms with E-state index in [-0.39, 0.29) is 0 Å². The van der Waals surface area contributed by atoms with Crippen molar-refractivity contribution in [2.75, 3.05) is 13.2 Å². The minimum Gasteiger partial charge on any atom is -0.394 e. The van der Waals surface area contributed by atoms with Gasteiger partial charge in [-0.15, -0.1) is 0 Å². The maximum Gasteiger partial charge on any atom is 0.344 e. The average molecular weight is 256 g/mol. The van der Waals surface area contributed by atoms with Crippen molar-refractivity contribution >= 4 is 8.56 Å². The normalized spacial score (nSPS) is 23.6. The largest absolute Gasteiger partial charge is 0.394 e. The summed E-state index contributed by atoms with van der Waals surface area (Å²) in [6, 6.07) is 0. The molecule has 0 aromatic heterocycles. The molecule has 3 heteroatoms. The van der Waals surface area contributed by atoms with Gasteiger partial charge in [0.1, 0.15) is 0 Å². The number of hydrogen-bond donors (Lipinski definition) is 0. The van der Waals surface area contributed by atoms with Crippen molar-refractivity contribution in [2.45, 2.75) is 76.3 Å². The van der Waals surface area contributed by atoms with Crippen LogP contribution < -0.4 is 0 Å². The Hall–Kier alpha value is 0.137. The molecule has 0 amide bonds. The summed E-state index contributed by atoms with van der Waals surface area (Å²) in [6.45, 7) is 5.98. The Morgan fingerprint density at radius 2 is 1.24 bits per heavy atom. The highest BCUT2D eigenvalue weighted by Crippen LogP contribution is 2.51. The highest BCUT2D eigenvalue weighted by molar-refractivity contribution is 6.70. The van der Waals surface area contributed by atoms with Gasteiger partial charge in [0, 0.05) is 24.3 Å². The molecular weight excluding hydrogens is 228 g/mol. The molecule has 17 heavy (non-hydrogen) atoms. The third-order valence-corrected chi connectivity index (χ3v) is 9.50. The summed E-state index contributed by atoms with van der Waals surface area (Å²) in [5.41, 5.74) is 1.58. The van der Waals surface area contributed by atoms with E-state index in [4.69, 9.17) is 8.85 Å². The molecule has 2 fully saturated rings. The lowest BCUT2D eigenvalue weighted by atomic mass is 9.99. The Morgan fingerprint density at radius 3 is 1.59 bits per heavy atom. The van der Waals surface area contributed by atoms with Gasteiger partial charge in [0.2, 0.25) is 0 Å². The predicted molar refractivity (Wildman–Crippen MR) is 73.4 cm³/mol. The van der Waals surface area contributed by atoms with E-state index in [0.29, 0.717) is 0 Å². The monoisotopic (exact) mass is 256 g/mol. The molecule has 0 unspecified atom stereocenters. The van der Waals surface area contributed by atoms with Crippen LogP contribution in [0.2, 0.25) is 11.1 Å². The second-order valence-corrected chi connectivity index (χ2v) is 9.20. The molecule has 0 aromatic carbocycles. The molecular formula is C14H28O2Si. The molecule has 0 N–H and O–H groups in total. The van der Waals surface area contributed by atoms with Crippen LogP contribution in [0.4, 0.5) is 0 Å². The van der Waals surface area contributed by atoms with Crippen molar-refractivity contribution in [3.63, 3.8) is 0 Å². The summed E-state index contributed by atoms with van der Waals surface area (Å²) in [5, 5.41) is 0. The smallest absolute Gasteiger partial charge is 0.344 e. The van der Waals surface area contributed by atoms with Crippen molar-refractivity contribution in [1.82, 2.24) is 0 Å². The highest BCUT2D eigenvalue weighted by atomic mass is 28.4. The van der Waals surface area contributed by atoms with Crippen LogP contribution in [0, 0.1) is 0 Å². The van der Waals surface area contributed by atoms with E-state index in [2.05, 4.69) is 13.8 Å². The molecule has 2 aliphatic rings. The summed E-state index contributed by atoms with van der Waals surface area (Å²) in [5.74, 6) is 0. The molecule has 0 spiro atoms. The zero-order chi connectivity index (χ0) is 12.1. The van der Waals surface area contributed by atoms with Gasteiger partial charge < -0.3 is 8.85 Å². The van der Waals surface area contributed by atoms with Gasteiger partial charge >= 0.3 is 8.56 Å². The molecule has 2 aliphatic carbocycles. The first-order chi connectivity index (χ1) is 8.33. The fourth-order valence-corrected chi connectivity index (χ4v) is 8.63. The molecule has 2 rings (SSSR count). The Labute approximate surface area is 107 Å². The van der Waals surface area contributed by atoms with Crippen LogP contribution in [0.5, 0.6) is 0 Å². The van der Waals surface area contributed by atoms with Gasteiger partial charge in [0.15, 0.2) is 0 Å². The van der Waals surface area contributed by atoms with Crippen LogP contribution in [0.25, 0.3) is 0 Å². The molecule has 0 aromatic rings. The van der Waals surface area contributed by atoms with E-state index in [1.165, 1.54) is 51.4 Å². The molecule has 0 bridgehead atoms. The third kappa shape index (κ3) is 2.77. The molecule has 0 atom stereocenters. The van der Waals surface area contributed by atoms with Crippen LogP contribution >= 0.6 is 0 Å². The first-order valence-corrected chi connectivity index (χ1v) is 9.58. The van der Waals surface area contributed by atoms with Gasteiger partial charge in [-0.3, -0.25) is 0 Å². The van der Waals surface area contributed by atoms with Crippen molar-refractivity contribution < 1.29 is 8.85 Å². The van der Waals surface area contributed by atoms with E-state index < -0.39 is 8.56 Å². The average Bonchev–Trinajstić information content (AvgIpc) is 2.28. The number of hydrogen-bond acceptors (Lipinski definition) is 2. The van der Waals surface area contributed by atoms with E-state index >= 15 is 0 Å². The van der Waals surface area contributed by atoms with E-state index in [9.17, 15) is 0 Å². The fourth-order valence-electron chi connectivity index (χ4n) is 3.61. The molecule has 2 nitrogen and oxygen atoms in total. The first-order valence-electron chi connectivity index (χ1n) is 7.61. The van der Waals surface area contributed by atoms with Crippen LogP contribution in [-0.2, 0) is 8.85 Å². The molecule has 0 heterocycles. The van der Waals surface area contributed by atoms with E-state index in [0.717, 1.165) is 24.3 Å². The molecule has 0 radical (unpaired) electrons. The quantitative estimate of drug-likeness (QED) is 0.656. The topological polar surface area (TPSA) is 18.5 Å². The van der Waals surface area contributed by atoms with Gasteiger partial charge in [-0.2, -0.15) is 0 Å². The van der Waals surface area contributed by atoms with Crippen molar-refractivity contribution in [3.05, 3.63) is 0 Å². The van der Waals surface area contributed by atoms with Gasteiger partial charge in [-0.1, -0.05) is 25.7 Å². The minimum atomic E-state index is -1.91. The van der Waals surface area contributed by atoms with E-state index in [1.54, 1.807) is 0 Å². The summed E-state index contributed by atoms with van der Waals surface area (Å²) in [6.07, 6.45) is 11.1. The Kier molecular flexibility index (Phi) is 5.06. The van der Waals surface area contributed by atoms with Gasteiger partial charge in [-0.05, 0) is 39.5 Å². The number of rotatable bonds is 6. The first kappa shape index (κ1) is 13.6. The van der Waals surface area contributed by atoms with Crippen molar-refractivity contribution in [3.8, 4) is 0 Å². The van der Waals surface area contributed by atoms with Crippen LogP contribution in [-0.4, -0.2) is 21.8 Å². The van der Waals surface area contributed by atoms with Crippen LogP contribution in [0.1, 0.15) is 65.2 Å². The standard InChI is InChI=1S/C14H28O2Si/c1-3-15-17(16-4-2,14-11-8-12-14)13-9-6-5-7-10-13/h13-14H,3-12H2,1-2H3. The third-order valence-electron chi connectivity index (χ3n) is 4.59. The molecule has 0 aliphatic heterocycles. The zero-order valence-corrected chi connectivity index (χ0v) is 12.5. The maximum atomic E-state index is 6.33. The SMILES string of the molecule is CCO[Si](OCC)(C1CCCCC1)C1CCC1. The lowest BCUT2D eigenvalue weighted by molar-refractivity contribution is 0.140. The molecule has 0 saturated heterocycles. The zero-order valence-electron chi connectivity index (χ0n) is 11.5. The summed E-state index contributed by atoms with van der Waals surface area (Å²) >= 11 is 0. The van der Waals surface area contributed by atoms with Crippen LogP contribution in [0.15, 0.2) is 0 Å². The Morgan fingerprint density at radius 1 is 0.765 bits per heavy atom. The maximum absolute atomic E-state index is 6.33. The lowest BCUT2D eigenvalue weighted by Crippen LogP contribution is -2.53. The van der Waals surface area contributed by atoms with Crippen LogP contribution in [0.3, 0.4) is 0 Å². The van der Waals surface area contributed by atoms with E-state index in [1.807, 2.05) is 0 Å². The Balaban J connectivity index is 2.11. The van der Waals surface area contributed by atoms with Gasteiger partial charge in [0.05, 0.1) is 0 Å². The lowest BCUT2D eigenvalue weighted by Gasteiger charge is -2.47. The summed E-state index contributed by atoms with van der Waals surface area (Å²) in [7, 11) is -1.91. The summed E-state index contributed by atoms with van der Waals surface area (Å²) < 4.78 is 12.7. The van der Waals surface area contributed by atoms with Gasteiger partial charge in [-0.25, -0.2) is 0 Å². The Bertz CT molecular complexity index is 216. The highest BCUT2D eigenvalue weighted by Gasteiger charge is 2.53. The van der Waals surface area contributed by atoms with Gasteiger partial charge in [0.25, 0.3) is 0 Å². The minimum absolute atomic E-state index is 0.779. The summed E-state index contributed by atoms with van der Waals surface area (Å²) in [4.78, 5) is 0. The second kappa shape index (κ2) is 6.35. The second-order valence-electron chi connectivity index (χ2n) is 5.55. The molecule has 100 valence electrons. The predicted octanol–water partition coefficient (Wildman–Crippen LogP) is 4.39.